The lowest BCUT2D eigenvalue weighted by Gasteiger charge is -2.47. The zero-order chi connectivity index (χ0) is 37.8. The van der Waals surface area contributed by atoms with Crippen molar-refractivity contribution in [2.75, 3.05) is 74.0 Å². The molecule has 0 radical (unpaired) electrons. The number of rotatable bonds is 6. The van der Waals surface area contributed by atoms with Crippen molar-refractivity contribution in [2.45, 2.75) is 57.7 Å². The molecule has 2 aromatic carbocycles. The SMILES string of the molecule is CC1CN(CC2CCN(c3ccc4c(c3)C(=O)N(C3CCC(=O)NC3=O)C4)CC2)CCC1C(=O)N1CCN2c3cc(-c4ccccc4O)nnc3NC[C@H]2C1. The summed E-state index contributed by atoms with van der Waals surface area (Å²) in [5.41, 5.74) is 4.87. The number of aromatic nitrogens is 2. The molecule has 3 unspecified atom stereocenters. The van der Waals surface area contributed by atoms with Crippen LogP contribution < -0.4 is 20.4 Å². The summed E-state index contributed by atoms with van der Waals surface area (Å²) in [6.45, 7) is 10.2. The van der Waals surface area contributed by atoms with E-state index in [0.29, 0.717) is 55.3 Å². The molecular weight excluding hydrogens is 699 g/mol. The quantitative estimate of drug-likeness (QED) is 0.319. The Kier molecular flexibility index (Phi) is 9.31. The Morgan fingerprint density at radius 2 is 1.73 bits per heavy atom. The van der Waals surface area contributed by atoms with Crippen molar-refractivity contribution in [3.8, 4) is 17.0 Å². The van der Waals surface area contributed by atoms with E-state index in [-0.39, 0.29) is 53.7 Å². The van der Waals surface area contributed by atoms with E-state index in [1.165, 1.54) is 0 Å². The van der Waals surface area contributed by atoms with Gasteiger partial charge in [-0.3, -0.25) is 24.5 Å². The molecule has 1 aromatic heterocycles. The van der Waals surface area contributed by atoms with Crippen molar-refractivity contribution >= 4 is 40.8 Å². The fourth-order valence-electron chi connectivity index (χ4n) is 9.79. The summed E-state index contributed by atoms with van der Waals surface area (Å²) in [6.07, 6.45) is 3.64. The van der Waals surface area contributed by atoms with E-state index >= 15 is 0 Å². The minimum absolute atomic E-state index is 0.0282. The normalized spacial score (nSPS) is 25.9. The Morgan fingerprint density at radius 3 is 2.53 bits per heavy atom. The number of carbonyl (C=O) groups excluding carboxylic acids is 4. The number of imide groups is 1. The van der Waals surface area contributed by atoms with Crippen LogP contribution in [0.1, 0.15) is 54.9 Å². The molecule has 14 heteroatoms. The lowest BCUT2D eigenvalue weighted by molar-refractivity contribution is -0.140. The van der Waals surface area contributed by atoms with Gasteiger partial charge in [-0.15, -0.1) is 10.2 Å². The van der Waals surface area contributed by atoms with Gasteiger partial charge in [0.05, 0.1) is 17.4 Å². The van der Waals surface area contributed by atoms with Crippen LogP contribution in [0, 0.1) is 17.8 Å². The minimum Gasteiger partial charge on any atom is -0.507 e. The van der Waals surface area contributed by atoms with E-state index in [0.717, 1.165) is 81.3 Å². The van der Waals surface area contributed by atoms with Crippen LogP contribution in [-0.2, 0) is 20.9 Å². The molecule has 0 bridgehead atoms. The van der Waals surface area contributed by atoms with Crippen LogP contribution >= 0.6 is 0 Å². The van der Waals surface area contributed by atoms with Gasteiger partial charge in [0, 0.05) is 88.1 Å². The second-order valence-electron chi connectivity index (χ2n) is 16.3. The van der Waals surface area contributed by atoms with E-state index in [9.17, 15) is 24.3 Å². The maximum atomic E-state index is 14.0. The van der Waals surface area contributed by atoms with Crippen molar-refractivity contribution in [1.82, 2.24) is 30.2 Å². The smallest absolute Gasteiger partial charge is 0.255 e. The average Bonchev–Trinajstić information content (AvgIpc) is 3.52. The van der Waals surface area contributed by atoms with Gasteiger partial charge in [0.1, 0.15) is 11.8 Å². The first-order chi connectivity index (χ1) is 26.7. The number of aromatic hydroxyl groups is 1. The largest absolute Gasteiger partial charge is 0.507 e. The van der Waals surface area contributed by atoms with Crippen molar-refractivity contribution < 1.29 is 24.3 Å². The summed E-state index contributed by atoms with van der Waals surface area (Å²) in [7, 11) is 0. The predicted molar refractivity (Wildman–Crippen MR) is 206 cm³/mol. The summed E-state index contributed by atoms with van der Waals surface area (Å²) in [4.78, 5) is 62.4. The fourth-order valence-corrected chi connectivity index (χ4v) is 9.79. The highest BCUT2D eigenvalue weighted by Gasteiger charge is 2.41. The number of benzene rings is 2. The molecule has 0 saturated carbocycles. The van der Waals surface area contributed by atoms with Gasteiger partial charge in [-0.1, -0.05) is 25.1 Å². The van der Waals surface area contributed by atoms with Gasteiger partial charge < -0.3 is 34.9 Å². The molecule has 6 aliphatic heterocycles. The molecule has 7 heterocycles. The first-order valence-corrected chi connectivity index (χ1v) is 19.9. The molecule has 6 aliphatic rings. The molecule has 4 atom stereocenters. The number of carbonyl (C=O) groups is 4. The second-order valence-corrected chi connectivity index (χ2v) is 16.3. The number of amides is 4. The molecule has 9 rings (SSSR count). The minimum atomic E-state index is -0.602. The molecule has 3 N–H and O–H groups in total. The van der Waals surface area contributed by atoms with Crippen LogP contribution in [0.25, 0.3) is 11.3 Å². The van der Waals surface area contributed by atoms with Gasteiger partial charge in [-0.25, -0.2) is 0 Å². The molecule has 0 spiro atoms. The third kappa shape index (κ3) is 6.74. The molecule has 288 valence electrons. The molecular formula is C41H49N9O5. The molecule has 4 saturated heterocycles. The summed E-state index contributed by atoms with van der Waals surface area (Å²) >= 11 is 0. The molecule has 55 heavy (non-hydrogen) atoms. The second kappa shape index (κ2) is 14.4. The number of hydrogen-bond donors (Lipinski definition) is 3. The van der Waals surface area contributed by atoms with Crippen LogP contribution in [0.5, 0.6) is 5.75 Å². The Morgan fingerprint density at radius 1 is 0.891 bits per heavy atom. The number of phenolic OH excluding ortho intramolecular Hbond substituents is 1. The maximum absolute atomic E-state index is 14.0. The molecule has 4 fully saturated rings. The van der Waals surface area contributed by atoms with Gasteiger partial charge in [0.15, 0.2) is 5.82 Å². The van der Waals surface area contributed by atoms with Crippen molar-refractivity contribution in [1.29, 1.82) is 0 Å². The summed E-state index contributed by atoms with van der Waals surface area (Å²) in [5.74, 6) is 1.29. The van der Waals surface area contributed by atoms with Crippen LogP contribution in [0.15, 0.2) is 48.5 Å². The number of nitrogens with one attached hydrogen (secondary N) is 2. The number of hydrogen-bond acceptors (Lipinski definition) is 11. The molecule has 0 aliphatic carbocycles. The van der Waals surface area contributed by atoms with Crippen molar-refractivity contribution in [2.24, 2.45) is 17.8 Å². The molecule has 3 aromatic rings. The number of nitrogens with zero attached hydrogens (tertiary/aromatic N) is 7. The van der Waals surface area contributed by atoms with E-state index in [1.54, 1.807) is 17.0 Å². The number of para-hydroxylation sites is 1. The zero-order valence-corrected chi connectivity index (χ0v) is 31.3. The van der Waals surface area contributed by atoms with E-state index in [2.05, 4.69) is 53.4 Å². The van der Waals surface area contributed by atoms with Gasteiger partial charge in [0.2, 0.25) is 17.7 Å². The number of phenols is 1. The Labute approximate surface area is 320 Å². The van der Waals surface area contributed by atoms with Crippen LogP contribution in [0.3, 0.4) is 0 Å². The molecule has 14 nitrogen and oxygen atoms in total. The lowest BCUT2D eigenvalue weighted by Crippen LogP contribution is -2.60. The van der Waals surface area contributed by atoms with Gasteiger partial charge in [-0.2, -0.15) is 0 Å². The first-order valence-electron chi connectivity index (χ1n) is 19.9. The highest BCUT2D eigenvalue weighted by atomic mass is 16.3. The standard InChI is InChI=1S/C41H49N9O5/c1-25-21-46(22-26-10-14-47(15-11-26)28-7-6-27-23-50(41(55)32(27)18-28)34-8-9-37(52)43-39(34)53)13-12-30(25)40(54)48-16-17-49-29(24-48)20-42-38-35(49)19-33(44-45-38)31-4-2-3-5-36(31)51/h2-7,18-19,25-26,29-30,34,51H,8-17,20-24H2,1H3,(H,42,45)(H,43,52,53)/t25?,29-,30?,34?/m0/s1. The number of piperazine rings is 1. The third-order valence-electron chi connectivity index (χ3n) is 12.9. The van der Waals surface area contributed by atoms with E-state index in [4.69, 9.17) is 0 Å². The maximum Gasteiger partial charge on any atom is 0.255 e. The molecule has 4 amide bonds. The fraction of sp³-hybridized carbons (Fsp3) is 0.512. The van der Waals surface area contributed by atoms with Crippen LogP contribution in [-0.4, -0.2) is 125 Å². The van der Waals surface area contributed by atoms with Crippen LogP contribution in [0.4, 0.5) is 17.2 Å². The third-order valence-corrected chi connectivity index (χ3v) is 12.9. The summed E-state index contributed by atoms with van der Waals surface area (Å²) in [6, 6.07) is 14.8. The Balaban J connectivity index is 0.753. The lowest BCUT2D eigenvalue weighted by atomic mass is 9.84. The van der Waals surface area contributed by atoms with Crippen LogP contribution in [0.2, 0.25) is 0 Å². The number of fused-ring (bicyclic) bond motifs is 4. The topological polar surface area (TPSA) is 155 Å². The monoisotopic (exact) mass is 747 g/mol. The van der Waals surface area contributed by atoms with E-state index < -0.39 is 6.04 Å². The summed E-state index contributed by atoms with van der Waals surface area (Å²) < 4.78 is 0. The highest BCUT2D eigenvalue weighted by molar-refractivity contribution is 6.05. The Hall–Kier alpha value is -5.24. The van der Waals surface area contributed by atoms with Crippen molar-refractivity contribution in [3.63, 3.8) is 0 Å². The first kappa shape index (κ1) is 35.5. The number of likely N-dealkylation sites (tertiary alicyclic amines) is 1. The van der Waals surface area contributed by atoms with Gasteiger partial charge >= 0.3 is 0 Å². The average molecular weight is 748 g/mol. The number of anilines is 3. The van der Waals surface area contributed by atoms with Crippen molar-refractivity contribution in [3.05, 3.63) is 59.7 Å². The highest BCUT2D eigenvalue weighted by Crippen LogP contribution is 2.37. The Bertz CT molecular complexity index is 2020. The summed E-state index contributed by atoms with van der Waals surface area (Å²) in [5, 5.41) is 25.0. The number of piperidine rings is 3. The predicted octanol–water partition coefficient (Wildman–Crippen LogP) is 2.93. The van der Waals surface area contributed by atoms with E-state index in [1.807, 2.05) is 30.3 Å². The zero-order valence-electron chi connectivity index (χ0n) is 31.3. The van der Waals surface area contributed by atoms with Gasteiger partial charge in [-0.05, 0) is 80.0 Å². The van der Waals surface area contributed by atoms with Gasteiger partial charge in [0.25, 0.3) is 5.91 Å².